The standard InChI is InChI=1S/C21H28FN9/c1-15-8-24-20(26-17-9-25-28(2)11-17)27-19(15)30-13-21(14-30,3-4-23)31-6-5-29-10-16(22)7-18(29)12-31/h8-9,11,16,18H,3,5-7,10,12-14H2,1-2H3,(H,24,26,27)/t16-,18+/m1/s1/i2D3. The second-order valence-corrected chi connectivity index (χ2v) is 8.84. The van der Waals surface area contributed by atoms with Crippen LogP contribution in [0.25, 0.3) is 0 Å². The molecule has 31 heavy (non-hydrogen) atoms. The first kappa shape index (κ1) is 16.9. The van der Waals surface area contributed by atoms with Crippen LogP contribution in [0.3, 0.4) is 0 Å². The normalized spacial score (nSPS) is 27.5. The number of aromatic nitrogens is 4. The Balaban J connectivity index is 1.29. The molecule has 3 aliphatic heterocycles. The Morgan fingerprint density at radius 3 is 3.00 bits per heavy atom. The monoisotopic (exact) mass is 428 g/mol. The van der Waals surface area contributed by atoms with Gasteiger partial charge in [0.05, 0.1) is 29.9 Å². The number of nitrogens with one attached hydrogen (secondary N) is 1. The summed E-state index contributed by atoms with van der Waals surface area (Å²) in [4.78, 5) is 15.7. The molecule has 2 aromatic rings. The molecule has 10 heteroatoms. The molecule has 164 valence electrons. The third kappa shape index (κ3) is 3.72. The second-order valence-electron chi connectivity index (χ2n) is 8.84. The molecule has 0 saturated carbocycles. The molecule has 0 radical (unpaired) electrons. The van der Waals surface area contributed by atoms with Crippen LogP contribution in [0.15, 0.2) is 18.6 Å². The summed E-state index contributed by atoms with van der Waals surface area (Å²) in [7, 11) is 0. The number of nitrogens with zero attached hydrogens (tertiary/aromatic N) is 8. The average molecular weight is 429 g/mol. The van der Waals surface area contributed by atoms with Crippen molar-refractivity contribution in [2.45, 2.75) is 37.5 Å². The smallest absolute Gasteiger partial charge is 0.229 e. The molecular weight excluding hydrogens is 397 g/mol. The Hall–Kier alpha value is -2.77. The molecule has 0 aromatic carbocycles. The minimum Gasteiger partial charge on any atom is -0.352 e. The van der Waals surface area contributed by atoms with Gasteiger partial charge in [-0.1, -0.05) is 0 Å². The third-order valence-corrected chi connectivity index (χ3v) is 6.70. The Morgan fingerprint density at radius 2 is 2.23 bits per heavy atom. The van der Waals surface area contributed by atoms with Gasteiger partial charge in [0.1, 0.15) is 12.0 Å². The first-order valence-electron chi connectivity index (χ1n) is 12.1. The summed E-state index contributed by atoms with van der Waals surface area (Å²) in [5.74, 6) is 1.12. The van der Waals surface area contributed by atoms with Crippen LogP contribution in [-0.4, -0.2) is 86.6 Å². The summed E-state index contributed by atoms with van der Waals surface area (Å²) in [6.45, 7) is 3.91. The zero-order chi connectivity index (χ0) is 24.1. The van der Waals surface area contributed by atoms with Crippen molar-refractivity contribution < 1.29 is 8.50 Å². The van der Waals surface area contributed by atoms with Crippen LogP contribution in [0.4, 0.5) is 21.8 Å². The number of hydrogen-bond acceptors (Lipinski definition) is 8. The van der Waals surface area contributed by atoms with Gasteiger partial charge in [-0.2, -0.15) is 15.3 Å². The van der Waals surface area contributed by atoms with Gasteiger partial charge in [-0.3, -0.25) is 14.5 Å². The summed E-state index contributed by atoms with van der Waals surface area (Å²) in [6, 6.07) is 2.59. The van der Waals surface area contributed by atoms with Crippen molar-refractivity contribution in [2.75, 3.05) is 49.5 Å². The molecule has 0 amide bonds. The lowest BCUT2D eigenvalue weighted by Gasteiger charge is -2.58. The average Bonchev–Trinajstić information content (AvgIpc) is 3.37. The lowest BCUT2D eigenvalue weighted by Crippen LogP contribution is -2.73. The largest absolute Gasteiger partial charge is 0.352 e. The minimum absolute atomic E-state index is 0.223. The van der Waals surface area contributed by atoms with Gasteiger partial charge in [0, 0.05) is 74.4 Å². The Kier molecular flexibility index (Phi) is 4.21. The van der Waals surface area contributed by atoms with E-state index in [2.05, 4.69) is 41.2 Å². The number of nitriles is 1. The lowest BCUT2D eigenvalue weighted by atomic mass is 9.83. The van der Waals surface area contributed by atoms with E-state index >= 15 is 0 Å². The second kappa shape index (κ2) is 7.73. The SMILES string of the molecule is [2H]C([2H])([2H])n1cc(Nc2ncc(C)c(N3CC(CC#N)(N4CCN5C[C@H](F)C[C@H]5C4)C3)n2)cn1. The van der Waals surface area contributed by atoms with Gasteiger partial charge in [0.25, 0.3) is 0 Å². The predicted octanol–water partition coefficient (Wildman–Crippen LogP) is 1.46. The Labute approximate surface area is 185 Å². The fourth-order valence-corrected chi connectivity index (χ4v) is 5.13. The van der Waals surface area contributed by atoms with Crippen molar-refractivity contribution >= 4 is 17.5 Å². The lowest BCUT2D eigenvalue weighted by molar-refractivity contribution is -0.000627. The molecule has 2 atom stereocenters. The summed E-state index contributed by atoms with van der Waals surface area (Å²) in [5.41, 5.74) is 1.13. The van der Waals surface area contributed by atoms with Crippen molar-refractivity contribution in [3.05, 3.63) is 24.2 Å². The molecule has 3 aliphatic rings. The van der Waals surface area contributed by atoms with E-state index in [1.165, 1.54) is 12.4 Å². The fraction of sp³-hybridized carbons (Fsp3) is 0.619. The van der Waals surface area contributed by atoms with Crippen LogP contribution in [-0.2, 0) is 6.98 Å². The molecule has 0 bridgehead atoms. The van der Waals surface area contributed by atoms with E-state index in [0.29, 0.717) is 44.1 Å². The number of hydrogen-bond donors (Lipinski definition) is 1. The van der Waals surface area contributed by atoms with Gasteiger partial charge in [-0.05, 0) is 13.3 Å². The summed E-state index contributed by atoms with van der Waals surface area (Å²) in [6.07, 6.45) is 4.77. The third-order valence-electron chi connectivity index (χ3n) is 6.70. The number of fused-ring (bicyclic) bond motifs is 1. The molecule has 9 nitrogen and oxygen atoms in total. The molecule has 1 N–H and O–H groups in total. The fourth-order valence-electron chi connectivity index (χ4n) is 5.13. The number of aryl methyl sites for hydroxylation is 2. The van der Waals surface area contributed by atoms with E-state index in [1.807, 2.05) is 6.92 Å². The van der Waals surface area contributed by atoms with Crippen molar-refractivity contribution in [3.8, 4) is 6.07 Å². The zero-order valence-corrected chi connectivity index (χ0v) is 17.5. The van der Waals surface area contributed by atoms with Gasteiger partial charge in [-0.25, -0.2) is 9.37 Å². The maximum atomic E-state index is 13.9. The maximum Gasteiger partial charge on any atom is 0.229 e. The van der Waals surface area contributed by atoms with Crippen molar-refractivity contribution in [3.63, 3.8) is 0 Å². The van der Waals surface area contributed by atoms with Crippen molar-refractivity contribution in [1.82, 2.24) is 29.5 Å². The van der Waals surface area contributed by atoms with Crippen LogP contribution in [0.5, 0.6) is 0 Å². The first-order chi connectivity index (χ1) is 16.2. The molecule has 0 aliphatic carbocycles. The number of rotatable bonds is 5. The molecule has 5 heterocycles. The number of halogens is 1. The molecule has 3 saturated heterocycles. The van der Waals surface area contributed by atoms with Crippen LogP contribution >= 0.6 is 0 Å². The van der Waals surface area contributed by atoms with Crippen LogP contribution in [0.2, 0.25) is 0 Å². The Morgan fingerprint density at radius 1 is 1.35 bits per heavy atom. The minimum atomic E-state index is -2.35. The molecular formula is C21H28FN9. The highest BCUT2D eigenvalue weighted by atomic mass is 19.1. The van der Waals surface area contributed by atoms with E-state index < -0.39 is 13.1 Å². The van der Waals surface area contributed by atoms with Gasteiger partial charge < -0.3 is 10.2 Å². The predicted molar refractivity (Wildman–Crippen MR) is 115 cm³/mol. The summed E-state index contributed by atoms with van der Waals surface area (Å²) in [5, 5.41) is 16.4. The topological polar surface area (TPSA) is 89.1 Å². The van der Waals surface area contributed by atoms with Gasteiger partial charge in [0.2, 0.25) is 5.95 Å². The summed E-state index contributed by atoms with van der Waals surface area (Å²) < 4.78 is 37.1. The highest BCUT2D eigenvalue weighted by Crippen LogP contribution is 2.38. The maximum absolute atomic E-state index is 13.9. The first-order valence-corrected chi connectivity index (χ1v) is 10.6. The molecule has 2 aromatic heterocycles. The quantitative estimate of drug-likeness (QED) is 0.766. The number of alkyl halides is 1. The van der Waals surface area contributed by atoms with E-state index in [-0.39, 0.29) is 11.6 Å². The van der Waals surface area contributed by atoms with E-state index in [0.717, 1.165) is 35.7 Å². The van der Waals surface area contributed by atoms with Crippen molar-refractivity contribution in [2.24, 2.45) is 6.98 Å². The highest BCUT2D eigenvalue weighted by molar-refractivity contribution is 5.57. The number of anilines is 3. The molecule has 0 spiro atoms. The molecule has 3 fully saturated rings. The van der Waals surface area contributed by atoms with Gasteiger partial charge in [-0.15, -0.1) is 0 Å². The number of piperazine rings is 1. The Bertz CT molecular complexity index is 1090. The summed E-state index contributed by atoms with van der Waals surface area (Å²) >= 11 is 0. The van der Waals surface area contributed by atoms with Gasteiger partial charge in [0.15, 0.2) is 0 Å². The van der Waals surface area contributed by atoms with Crippen LogP contribution < -0.4 is 10.2 Å². The highest BCUT2D eigenvalue weighted by Gasteiger charge is 2.51. The van der Waals surface area contributed by atoms with Crippen molar-refractivity contribution in [1.29, 1.82) is 5.26 Å². The van der Waals surface area contributed by atoms with E-state index in [1.54, 1.807) is 6.20 Å². The van der Waals surface area contributed by atoms with E-state index in [9.17, 15) is 9.65 Å². The van der Waals surface area contributed by atoms with Gasteiger partial charge >= 0.3 is 0 Å². The zero-order valence-electron chi connectivity index (χ0n) is 20.5. The molecule has 5 rings (SSSR count). The van der Waals surface area contributed by atoms with E-state index in [4.69, 9.17) is 4.11 Å². The molecule has 0 unspecified atom stereocenters. The van der Waals surface area contributed by atoms with Crippen LogP contribution in [0.1, 0.15) is 22.5 Å². The van der Waals surface area contributed by atoms with Crippen LogP contribution in [0, 0.1) is 18.3 Å².